The van der Waals surface area contributed by atoms with Crippen LogP contribution in [0.15, 0.2) is 22.7 Å². The predicted molar refractivity (Wildman–Crippen MR) is 54.9 cm³/mol. The second kappa shape index (κ2) is 3.89. The molecule has 0 saturated carbocycles. The summed E-state index contributed by atoms with van der Waals surface area (Å²) in [5.74, 6) is -0.313. The highest BCUT2D eigenvalue weighted by Gasteiger charge is 2.30. The average molecular weight is 276 g/mol. The molecule has 2 rings (SSSR count). The van der Waals surface area contributed by atoms with Gasteiger partial charge in [-0.15, -0.1) is 0 Å². The van der Waals surface area contributed by atoms with Gasteiger partial charge in [-0.05, 0) is 17.7 Å². The van der Waals surface area contributed by atoms with Gasteiger partial charge in [0, 0.05) is 16.6 Å². The quantitative estimate of drug-likeness (QED) is 0.813. The minimum Gasteiger partial charge on any atom is -0.329 e. The number of amides is 1. The summed E-state index contributed by atoms with van der Waals surface area (Å²) in [6, 6.07) is 5.19. The fourth-order valence-corrected chi connectivity index (χ4v) is 2.16. The van der Waals surface area contributed by atoms with E-state index in [1.807, 2.05) is 0 Å². The zero-order valence-corrected chi connectivity index (χ0v) is 9.30. The average Bonchev–Trinajstić information content (AvgIpc) is 2.46. The molecule has 5 heteroatoms. The van der Waals surface area contributed by atoms with Gasteiger partial charge in [-0.3, -0.25) is 4.79 Å². The summed E-state index contributed by atoms with van der Waals surface area (Å²) in [7, 11) is 0. The SMILES string of the molecule is O=C1c2cccc(Br)c2CN1CC(F)F. The van der Waals surface area contributed by atoms with Gasteiger partial charge in [0.15, 0.2) is 0 Å². The van der Waals surface area contributed by atoms with E-state index < -0.39 is 13.0 Å². The maximum Gasteiger partial charge on any atom is 0.255 e. The van der Waals surface area contributed by atoms with Crippen molar-refractivity contribution in [1.82, 2.24) is 4.90 Å². The Hall–Kier alpha value is -0.970. The van der Waals surface area contributed by atoms with Crippen LogP contribution in [-0.4, -0.2) is 23.8 Å². The first-order chi connectivity index (χ1) is 7.09. The number of nitrogens with zero attached hydrogens (tertiary/aromatic N) is 1. The topological polar surface area (TPSA) is 20.3 Å². The van der Waals surface area contributed by atoms with E-state index in [2.05, 4.69) is 15.9 Å². The Kier molecular flexibility index (Phi) is 2.73. The van der Waals surface area contributed by atoms with E-state index in [4.69, 9.17) is 0 Å². The molecule has 1 amide bonds. The van der Waals surface area contributed by atoms with E-state index in [-0.39, 0.29) is 12.5 Å². The van der Waals surface area contributed by atoms with Crippen molar-refractivity contribution in [3.63, 3.8) is 0 Å². The van der Waals surface area contributed by atoms with Crippen molar-refractivity contribution in [1.29, 1.82) is 0 Å². The van der Waals surface area contributed by atoms with Crippen LogP contribution in [0.2, 0.25) is 0 Å². The fourth-order valence-electron chi connectivity index (χ4n) is 1.67. The highest BCUT2D eigenvalue weighted by molar-refractivity contribution is 9.10. The van der Waals surface area contributed by atoms with E-state index in [0.29, 0.717) is 5.56 Å². The van der Waals surface area contributed by atoms with Gasteiger partial charge in [0.25, 0.3) is 12.3 Å². The third kappa shape index (κ3) is 1.88. The van der Waals surface area contributed by atoms with Gasteiger partial charge in [0.05, 0.1) is 6.54 Å². The zero-order chi connectivity index (χ0) is 11.0. The Morgan fingerprint density at radius 1 is 1.47 bits per heavy atom. The van der Waals surface area contributed by atoms with Crippen LogP contribution in [0, 0.1) is 0 Å². The van der Waals surface area contributed by atoms with Gasteiger partial charge >= 0.3 is 0 Å². The van der Waals surface area contributed by atoms with Crippen LogP contribution < -0.4 is 0 Å². The number of hydrogen-bond acceptors (Lipinski definition) is 1. The van der Waals surface area contributed by atoms with Crippen LogP contribution in [0.4, 0.5) is 8.78 Å². The Bertz CT molecular complexity index is 408. The molecule has 0 aromatic heterocycles. The van der Waals surface area contributed by atoms with Crippen LogP contribution in [0.5, 0.6) is 0 Å². The Morgan fingerprint density at radius 2 is 2.20 bits per heavy atom. The van der Waals surface area contributed by atoms with Crippen molar-refractivity contribution in [2.75, 3.05) is 6.54 Å². The molecule has 0 bridgehead atoms. The Balaban J connectivity index is 2.29. The molecule has 15 heavy (non-hydrogen) atoms. The minimum atomic E-state index is -2.48. The number of fused-ring (bicyclic) bond motifs is 1. The minimum absolute atomic E-state index is 0.264. The molecule has 2 nitrogen and oxygen atoms in total. The van der Waals surface area contributed by atoms with Crippen LogP contribution in [0.25, 0.3) is 0 Å². The molecular weight excluding hydrogens is 268 g/mol. The molecule has 0 saturated heterocycles. The maximum absolute atomic E-state index is 12.2. The second-order valence-electron chi connectivity index (χ2n) is 3.34. The Morgan fingerprint density at radius 3 is 2.80 bits per heavy atom. The highest BCUT2D eigenvalue weighted by atomic mass is 79.9. The van der Waals surface area contributed by atoms with E-state index in [1.54, 1.807) is 18.2 Å². The van der Waals surface area contributed by atoms with E-state index in [9.17, 15) is 13.6 Å². The largest absolute Gasteiger partial charge is 0.329 e. The smallest absolute Gasteiger partial charge is 0.255 e. The van der Waals surface area contributed by atoms with Gasteiger partial charge in [-0.2, -0.15) is 0 Å². The molecule has 1 heterocycles. The lowest BCUT2D eigenvalue weighted by molar-refractivity contribution is 0.0577. The molecular formula is C10H8BrF2NO. The van der Waals surface area contributed by atoms with Gasteiger partial charge in [-0.1, -0.05) is 22.0 Å². The monoisotopic (exact) mass is 275 g/mol. The highest BCUT2D eigenvalue weighted by Crippen LogP contribution is 2.29. The van der Waals surface area contributed by atoms with Crippen molar-refractivity contribution in [2.45, 2.75) is 13.0 Å². The van der Waals surface area contributed by atoms with Crippen molar-refractivity contribution >= 4 is 21.8 Å². The first kappa shape index (κ1) is 10.5. The number of carbonyl (C=O) groups excluding carboxylic acids is 1. The fraction of sp³-hybridized carbons (Fsp3) is 0.300. The van der Waals surface area contributed by atoms with Gasteiger partial charge in [-0.25, -0.2) is 8.78 Å². The number of hydrogen-bond donors (Lipinski definition) is 0. The van der Waals surface area contributed by atoms with Gasteiger partial charge in [0.2, 0.25) is 0 Å². The zero-order valence-electron chi connectivity index (χ0n) is 7.71. The Labute approximate surface area is 94.0 Å². The number of carbonyl (C=O) groups is 1. The molecule has 1 aromatic carbocycles. The third-order valence-electron chi connectivity index (χ3n) is 2.34. The molecule has 0 atom stereocenters. The number of halogens is 3. The molecule has 0 aliphatic carbocycles. The summed E-state index contributed by atoms with van der Waals surface area (Å²) in [4.78, 5) is 12.8. The summed E-state index contributed by atoms with van der Waals surface area (Å²) in [6.07, 6.45) is -2.48. The second-order valence-corrected chi connectivity index (χ2v) is 4.20. The normalized spacial score (nSPS) is 14.9. The summed E-state index contributed by atoms with van der Waals surface area (Å²) >= 11 is 3.30. The molecule has 0 unspecified atom stereocenters. The molecule has 1 aromatic rings. The summed E-state index contributed by atoms with van der Waals surface area (Å²) in [5.41, 5.74) is 1.31. The predicted octanol–water partition coefficient (Wildman–Crippen LogP) is 2.67. The molecule has 1 aliphatic rings. The lowest BCUT2D eigenvalue weighted by Gasteiger charge is -2.14. The number of rotatable bonds is 2. The number of alkyl halides is 2. The first-order valence-corrected chi connectivity index (χ1v) is 5.23. The summed E-state index contributed by atoms with van der Waals surface area (Å²) < 4.78 is 25.2. The lowest BCUT2D eigenvalue weighted by Crippen LogP contribution is -2.29. The van der Waals surface area contributed by atoms with Gasteiger partial charge in [0.1, 0.15) is 0 Å². The van der Waals surface area contributed by atoms with Crippen LogP contribution in [0.3, 0.4) is 0 Å². The molecule has 80 valence electrons. The lowest BCUT2D eigenvalue weighted by atomic mass is 10.1. The van der Waals surface area contributed by atoms with Crippen LogP contribution >= 0.6 is 15.9 Å². The van der Waals surface area contributed by atoms with E-state index >= 15 is 0 Å². The third-order valence-corrected chi connectivity index (χ3v) is 3.09. The van der Waals surface area contributed by atoms with E-state index in [1.165, 1.54) is 4.90 Å². The molecule has 0 radical (unpaired) electrons. The van der Waals surface area contributed by atoms with Gasteiger partial charge < -0.3 is 4.90 Å². The van der Waals surface area contributed by atoms with Crippen LogP contribution in [0.1, 0.15) is 15.9 Å². The first-order valence-electron chi connectivity index (χ1n) is 4.44. The van der Waals surface area contributed by atoms with Crippen LogP contribution in [-0.2, 0) is 6.54 Å². The van der Waals surface area contributed by atoms with Crippen molar-refractivity contribution in [3.8, 4) is 0 Å². The molecule has 0 spiro atoms. The molecule has 1 aliphatic heterocycles. The van der Waals surface area contributed by atoms with E-state index in [0.717, 1.165) is 10.0 Å². The number of benzene rings is 1. The summed E-state index contributed by atoms with van der Waals surface area (Å²) in [5, 5.41) is 0. The summed E-state index contributed by atoms with van der Waals surface area (Å²) in [6.45, 7) is -0.236. The maximum atomic E-state index is 12.2. The van der Waals surface area contributed by atoms with Crippen molar-refractivity contribution < 1.29 is 13.6 Å². The molecule has 0 N–H and O–H groups in total. The molecule has 0 fully saturated rings. The van der Waals surface area contributed by atoms with Crippen molar-refractivity contribution in [3.05, 3.63) is 33.8 Å². The standard InChI is InChI=1S/C10H8BrF2NO/c11-8-3-1-2-6-7(8)4-14(10(6)15)5-9(12)13/h1-3,9H,4-5H2. The van der Waals surface area contributed by atoms with Crippen molar-refractivity contribution in [2.24, 2.45) is 0 Å².